The highest BCUT2D eigenvalue weighted by Gasteiger charge is 2.07. The summed E-state index contributed by atoms with van der Waals surface area (Å²) >= 11 is 1.63. The number of hydrogen-bond donors (Lipinski definition) is 1. The highest BCUT2D eigenvalue weighted by molar-refractivity contribution is 7.99. The Morgan fingerprint density at radius 3 is 2.85 bits per heavy atom. The van der Waals surface area contributed by atoms with Crippen molar-refractivity contribution in [3.63, 3.8) is 0 Å². The van der Waals surface area contributed by atoms with E-state index < -0.39 is 0 Å². The minimum Gasteiger partial charge on any atom is -0.440 e. The minimum absolute atomic E-state index is 0.192. The molecule has 0 saturated heterocycles. The smallest absolute Gasteiger partial charge is 0.255 e. The van der Waals surface area contributed by atoms with Gasteiger partial charge in [0.25, 0.3) is 5.22 Å². The first-order chi connectivity index (χ1) is 6.08. The number of thioether (sulfide) groups is 1. The van der Waals surface area contributed by atoms with Gasteiger partial charge >= 0.3 is 0 Å². The van der Waals surface area contributed by atoms with Gasteiger partial charge in [0.05, 0.1) is 6.20 Å². The van der Waals surface area contributed by atoms with Crippen LogP contribution in [0.25, 0.3) is 0 Å². The number of nitrogens with zero attached hydrogens (tertiary/aromatic N) is 1. The molecule has 4 heteroatoms. The van der Waals surface area contributed by atoms with Gasteiger partial charge in [0.2, 0.25) is 0 Å². The summed E-state index contributed by atoms with van der Waals surface area (Å²) in [5, 5.41) is 4.14. The van der Waals surface area contributed by atoms with Crippen LogP contribution in [-0.4, -0.2) is 22.8 Å². The van der Waals surface area contributed by atoms with Gasteiger partial charge in [-0.1, -0.05) is 11.8 Å². The number of aromatic nitrogens is 1. The van der Waals surface area contributed by atoms with E-state index in [0.717, 1.165) is 17.5 Å². The molecule has 0 aliphatic rings. The molecule has 0 aromatic carbocycles. The van der Waals surface area contributed by atoms with Crippen molar-refractivity contribution >= 4 is 11.8 Å². The van der Waals surface area contributed by atoms with Gasteiger partial charge in [-0.25, -0.2) is 4.98 Å². The van der Waals surface area contributed by atoms with E-state index in [4.69, 9.17) is 4.42 Å². The Kier molecular flexibility index (Phi) is 3.81. The number of oxazole rings is 1. The van der Waals surface area contributed by atoms with Gasteiger partial charge in [-0.15, -0.1) is 0 Å². The molecule has 0 atom stereocenters. The zero-order valence-electron chi connectivity index (χ0n) is 8.33. The van der Waals surface area contributed by atoms with Gasteiger partial charge in [0.1, 0.15) is 6.26 Å². The van der Waals surface area contributed by atoms with Gasteiger partial charge in [-0.2, -0.15) is 0 Å². The standard InChI is InChI=1S/C9H16N2OS/c1-9(2,3)11-5-7-13-8-10-4-6-12-8/h4,6,11H,5,7H2,1-3H3. The van der Waals surface area contributed by atoms with Crippen molar-refractivity contribution in [2.75, 3.05) is 12.3 Å². The van der Waals surface area contributed by atoms with E-state index in [2.05, 4.69) is 31.1 Å². The van der Waals surface area contributed by atoms with Crippen molar-refractivity contribution in [2.24, 2.45) is 0 Å². The lowest BCUT2D eigenvalue weighted by molar-refractivity contribution is 0.437. The van der Waals surface area contributed by atoms with Crippen molar-refractivity contribution in [3.8, 4) is 0 Å². The Bertz CT molecular complexity index is 228. The van der Waals surface area contributed by atoms with E-state index in [1.165, 1.54) is 0 Å². The molecular formula is C9H16N2OS. The normalized spacial score (nSPS) is 11.9. The second-order valence-corrected chi connectivity index (χ2v) is 4.87. The third-order valence-corrected chi connectivity index (χ3v) is 2.25. The van der Waals surface area contributed by atoms with E-state index >= 15 is 0 Å². The van der Waals surface area contributed by atoms with Crippen molar-refractivity contribution in [2.45, 2.75) is 31.5 Å². The monoisotopic (exact) mass is 200 g/mol. The topological polar surface area (TPSA) is 38.1 Å². The molecule has 0 spiro atoms. The third kappa shape index (κ3) is 4.95. The van der Waals surface area contributed by atoms with Crippen LogP contribution >= 0.6 is 11.8 Å². The Balaban J connectivity index is 2.09. The Hall–Kier alpha value is -0.480. The van der Waals surface area contributed by atoms with Gasteiger partial charge < -0.3 is 9.73 Å². The molecule has 1 aromatic rings. The molecule has 3 nitrogen and oxygen atoms in total. The highest BCUT2D eigenvalue weighted by atomic mass is 32.2. The quantitative estimate of drug-likeness (QED) is 0.597. The van der Waals surface area contributed by atoms with Crippen LogP contribution in [0.5, 0.6) is 0 Å². The fourth-order valence-corrected chi connectivity index (χ4v) is 1.48. The summed E-state index contributed by atoms with van der Waals surface area (Å²) in [6, 6.07) is 0. The van der Waals surface area contributed by atoms with E-state index in [1.54, 1.807) is 24.2 Å². The molecule has 0 bridgehead atoms. The molecule has 0 radical (unpaired) electrons. The third-order valence-electron chi connectivity index (χ3n) is 1.39. The molecule has 0 unspecified atom stereocenters. The van der Waals surface area contributed by atoms with Gasteiger partial charge in [-0.3, -0.25) is 0 Å². The van der Waals surface area contributed by atoms with Crippen molar-refractivity contribution in [3.05, 3.63) is 12.5 Å². The highest BCUT2D eigenvalue weighted by Crippen LogP contribution is 2.13. The first-order valence-electron chi connectivity index (χ1n) is 4.35. The van der Waals surface area contributed by atoms with Crippen molar-refractivity contribution < 1.29 is 4.42 Å². The average Bonchev–Trinajstić information content (AvgIpc) is 2.48. The van der Waals surface area contributed by atoms with Gasteiger partial charge in [-0.05, 0) is 20.8 Å². The van der Waals surface area contributed by atoms with Crippen LogP contribution in [0, 0.1) is 0 Å². The van der Waals surface area contributed by atoms with Crippen LogP contribution in [0.15, 0.2) is 22.1 Å². The summed E-state index contributed by atoms with van der Waals surface area (Å²) in [7, 11) is 0. The zero-order valence-corrected chi connectivity index (χ0v) is 9.15. The van der Waals surface area contributed by atoms with Gasteiger partial charge in [0, 0.05) is 17.8 Å². The second-order valence-electron chi connectivity index (χ2n) is 3.82. The SMILES string of the molecule is CC(C)(C)NCCSc1ncco1. The fraction of sp³-hybridized carbons (Fsp3) is 0.667. The van der Waals surface area contributed by atoms with E-state index in [9.17, 15) is 0 Å². The number of nitrogens with one attached hydrogen (secondary N) is 1. The lowest BCUT2D eigenvalue weighted by Gasteiger charge is -2.19. The summed E-state index contributed by atoms with van der Waals surface area (Å²) in [4.78, 5) is 4.02. The summed E-state index contributed by atoms with van der Waals surface area (Å²) in [5.41, 5.74) is 0.192. The number of hydrogen-bond acceptors (Lipinski definition) is 4. The molecule has 13 heavy (non-hydrogen) atoms. The molecule has 0 amide bonds. The first kappa shape index (κ1) is 10.6. The zero-order chi connectivity index (χ0) is 9.73. The average molecular weight is 200 g/mol. The lowest BCUT2D eigenvalue weighted by Crippen LogP contribution is -2.37. The maximum atomic E-state index is 5.09. The predicted molar refractivity (Wildman–Crippen MR) is 55.0 cm³/mol. The van der Waals surface area contributed by atoms with Crippen molar-refractivity contribution in [1.82, 2.24) is 10.3 Å². The van der Waals surface area contributed by atoms with Crippen LogP contribution in [0.3, 0.4) is 0 Å². The molecule has 1 rings (SSSR count). The lowest BCUT2D eigenvalue weighted by atomic mass is 10.1. The number of rotatable bonds is 4. The summed E-state index contributed by atoms with van der Waals surface area (Å²) in [6.07, 6.45) is 3.26. The molecule has 0 aliphatic heterocycles. The predicted octanol–water partition coefficient (Wildman–Crippen LogP) is 2.15. The summed E-state index contributed by atoms with van der Waals surface area (Å²) in [5.74, 6) is 0.984. The maximum absolute atomic E-state index is 5.09. The molecule has 1 heterocycles. The molecule has 0 aliphatic carbocycles. The Labute approximate surface area is 83.3 Å². The first-order valence-corrected chi connectivity index (χ1v) is 5.34. The molecule has 74 valence electrons. The molecule has 0 saturated carbocycles. The fourth-order valence-electron chi connectivity index (χ4n) is 0.846. The Morgan fingerprint density at radius 2 is 2.31 bits per heavy atom. The minimum atomic E-state index is 0.192. The summed E-state index contributed by atoms with van der Waals surface area (Å²) in [6.45, 7) is 7.44. The van der Waals surface area contributed by atoms with E-state index in [1.807, 2.05) is 0 Å². The largest absolute Gasteiger partial charge is 0.440 e. The second kappa shape index (κ2) is 4.67. The van der Waals surface area contributed by atoms with E-state index in [-0.39, 0.29) is 5.54 Å². The molecular weight excluding hydrogens is 184 g/mol. The van der Waals surface area contributed by atoms with Crippen LogP contribution in [0.1, 0.15) is 20.8 Å². The van der Waals surface area contributed by atoms with E-state index in [0.29, 0.717) is 0 Å². The van der Waals surface area contributed by atoms with Crippen molar-refractivity contribution in [1.29, 1.82) is 0 Å². The van der Waals surface area contributed by atoms with Gasteiger partial charge in [0.15, 0.2) is 0 Å². The van der Waals surface area contributed by atoms with Crippen LogP contribution in [0.4, 0.5) is 0 Å². The molecule has 0 fully saturated rings. The van der Waals surface area contributed by atoms with Crippen LogP contribution in [0.2, 0.25) is 0 Å². The summed E-state index contributed by atoms with van der Waals surface area (Å²) < 4.78 is 5.09. The molecule has 1 N–H and O–H groups in total. The Morgan fingerprint density at radius 1 is 1.54 bits per heavy atom. The van der Waals surface area contributed by atoms with Crippen LogP contribution in [-0.2, 0) is 0 Å². The molecule has 1 aromatic heterocycles. The maximum Gasteiger partial charge on any atom is 0.255 e. The van der Waals surface area contributed by atoms with Crippen LogP contribution < -0.4 is 5.32 Å².